The van der Waals surface area contributed by atoms with Gasteiger partial charge < -0.3 is 16.8 Å². The first kappa shape index (κ1) is 13.8. The number of carbonyl (C=O) groups excluding carboxylic acids is 1. The molecule has 0 radical (unpaired) electrons. The Balaban J connectivity index is 3.10. The molecule has 0 aliphatic carbocycles. The van der Waals surface area contributed by atoms with Gasteiger partial charge in [-0.3, -0.25) is 4.79 Å². The van der Waals surface area contributed by atoms with Crippen LogP contribution in [0.1, 0.15) is 26.5 Å². The number of anilines is 2. The Morgan fingerprint density at radius 1 is 1.56 bits per heavy atom. The molecule has 0 aliphatic rings. The Bertz CT molecular complexity index is 506. The van der Waals surface area contributed by atoms with Crippen LogP contribution in [-0.2, 0) is 4.79 Å². The lowest BCUT2D eigenvalue weighted by molar-refractivity contribution is -0.123. The van der Waals surface area contributed by atoms with E-state index in [-0.39, 0.29) is 11.6 Å². The van der Waals surface area contributed by atoms with Crippen molar-refractivity contribution in [3.05, 3.63) is 17.8 Å². The fourth-order valence-electron chi connectivity index (χ4n) is 1.39. The molecule has 1 aromatic rings. The highest BCUT2D eigenvalue weighted by molar-refractivity contribution is 5.87. The fourth-order valence-corrected chi connectivity index (χ4v) is 1.39. The predicted molar refractivity (Wildman–Crippen MR) is 69.4 cm³/mol. The van der Waals surface area contributed by atoms with Gasteiger partial charge in [0.25, 0.3) is 0 Å². The Labute approximate surface area is 106 Å². The minimum absolute atomic E-state index is 0.0279. The van der Waals surface area contributed by atoms with Gasteiger partial charge in [-0.25, -0.2) is 4.98 Å². The van der Waals surface area contributed by atoms with Gasteiger partial charge in [0.05, 0.1) is 5.69 Å². The zero-order chi connectivity index (χ0) is 13.9. The summed E-state index contributed by atoms with van der Waals surface area (Å²) >= 11 is 0. The maximum atomic E-state index is 11.5. The van der Waals surface area contributed by atoms with Crippen LogP contribution >= 0.6 is 0 Å². The summed E-state index contributed by atoms with van der Waals surface area (Å²) in [4.78, 5) is 15.6. The first-order valence-corrected chi connectivity index (χ1v) is 5.56. The molecular weight excluding hydrogens is 230 g/mol. The third-order valence-corrected chi connectivity index (χ3v) is 3.09. The molecule has 0 fully saturated rings. The second kappa shape index (κ2) is 4.92. The van der Waals surface area contributed by atoms with Crippen LogP contribution in [0.4, 0.5) is 11.5 Å². The molecule has 18 heavy (non-hydrogen) atoms. The summed E-state index contributed by atoms with van der Waals surface area (Å²) in [6.07, 6.45) is 0. The van der Waals surface area contributed by atoms with Crippen LogP contribution in [0, 0.1) is 17.2 Å². The number of nitrogens with zero attached hydrogens (tertiary/aromatic N) is 2. The molecule has 1 atom stereocenters. The molecule has 96 valence electrons. The van der Waals surface area contributed by atoms with Crippen molar-refractivity contribution >= 4 is 17.4 Å². The van der Waals surface area contributed by atoms with Gasteiger partial charge in [0, 0.05) is 0 Å². The fraction of sp³-hybridized carbons (Fsp3) is 0.417. The number of carbonyl (C=O) groups is 1. The van der Waals surface area contributed by atoms with Crippen molar-refractivity contribution in [3.8, 4) is 6.07 Å². The number of nitrogens with one attached hydrogen (secondary N) is 1. The van der Waals surface area contributed by atoms with Crippen LogP contribution in [0.2, 0.25) is 0 Å². The number of nitriles is 1. The topological polar surface area (TPSA) is 118 Å². The Morgan fingerprint density at radius 2 is 2.17 bits per heavy atom. The van der Waals surface area contributed by atoms with E-state index in [1.807, 2.05) is 19.9 Å². The van der Waals surface area contributed by atoms with E-state index in [9.17, 15) is 4.79 Å². The minimum Gasteiger partial charge on any atom is -0.396 e. The molecule has 0 saturated heterocycles. The lowest BCUT2D eigenvalue weighted by Crippen LogP contribution is -2.52. The van der Waals surface area contributed by atoms with Crippen molar-refractivity contribution in [1.29, 1.82) is 5.26 Å². The van der Waals surface area contributed by atoms with Gasteiger partial charge in [-0.1, -0.05) is 13.8 Å². The summed E-state index contributed by atoms with van der Waals surface area (Å²) < 4.78 is 0. The van der Waals surface area contributed by atoms with E-state index in [4.69, 9.17) is 16.7 Å². The zero-order valence-corrected chi connectivity index (χ0v) is 10.7. The van der Waals surface area contributed by atoms with Crippen LogP contribution in [0.15, 0.2) is 12.1 Å². The van der Waals surface area contributed by atoms with Crippen molar-refractivity contribution in [2.24, 2.45) is 11.7 Å². The summed E-state index contributed by atoms with van der Waals surface area (Å²) in [5, 5.41) is 11.8. The largest absolute Gasteiger partial charge is 0.396 e. The molecule has 1 aromatic heterocycles. The maximum absolute atomic E-state index is 11.5. The number of rotatable bonds is 4. The number of primary amides is 1. The van der Waals surface area contributed by atoms with E-state index < -0.39 is 11.4 Å². The highest BCUT2D eigenvalue weighted by Gasteiger charge is 2.35. The molecule has 6 heteroatoms. The molecule has 1 heterocycles. The third kappa shape index (κ3) is 2.51. The highest BCUT2D eigenvalue weighted by Crippen LogP contribution is 2.22. The van der Waals surface area contributed by atoms with Crippen molar-refractivity contribution in [3.63, 3.8) is 0 Å². The number of amides is 1. The molecule has 1 rings (SSSR count). The van der Waals surface area contributed by atoms with E-state index in [2.05, 4.69) is 10.3 Å². The Hall–Kier alpha value is -2.29. The number of nitrogen functional groups attached to an aromatic ring is 1. The van der Waals surface area contributed by atoms with Crippen LogP contribution < -0.4 is 16.8 Å². The zero-order valence-electron chi connectivity index (χ0n) is 10.7. The van der Waals surface area contributed by atoms with Crippen molar-refractivity contribution in [2.75, 3.05) is 11.1 Å². The van der Waals surface area contributed by atoms with Gasteiger partial charge in [0.15, 0.2) is 5.69 Å². The Morgan fingerprint density at radius 3 is 2.61 bits per heavy atom. The standard InChI is InChI=1S/C12H17N5O/c1-7(2)12(3,11(15)18)17-10-5-4-8(14)9(6-13)16-10/h4-5,7H,14H2,1-3H3,(H2,15,18)(H,16,17). The first-order valence-electron chi connectivity index (χ1n) is 5.56. The van der Waals surface area contributed by atoms with Crippen LogP contribution in [-0.4, -0.2) is 16.4 Å². The van der Waals surface area contributed by atoms with Crippen LogP contribution in [0.3, 0.4) is 0 Å². The normalized spacial score (nSPS) is 13.7. The first-order chi connectivity index (χ1) is 8.31. The SMILES string of the molecule is CC(C)C(C)(Nc1ccc(N)c(C#N)n1)C(N)=O. The molecule has 5 N–H and O–H groups in total. The summed E-state index contributed by atoms with van der Waals surface area (Å²) in [7, 11) is 0. The number of nitrogens with two attached hydrogens (primary N) is 2. The van der Waals surface area contributed by atoms with Gasteiger partial charge >= 0.3 is 0 Å². The highest BCUT2D eigenvalue weighted by atomic mass is 16.1. The maximum Gasteiger partial charge on any atom is 0.243 e. The van der Waals surface area contributed by atoms with Crippen LogP contribution in [0.25, 0.3) is 0 Å². The average Bonchev–Trinajstić information content (AvgIpc) is 2.30. The summed E-state index contributed by atoms with van der Waals surface area (Å²) in [5.41, 5.74) is 10.5. The van der Waals surface area contributed by atoms with Gasteiger partial charge in [-0.05, 0) is 25.0 Å². The van der Waals surface area contributed by atoms with E-state index in [1.165, 1.54) is 0 Å². The van der Waals surface area contributed by atoms with Crippen molar-refractivity contribution < 1.29 is 4.79 Å². The molecule has 0 spiro atoms. The number of aromatic nitrogens is 1. The number of hydrogen-bond acceptors (Lipinski definition) is 5. The molecule has 0 aliphatic heterocycles. The summed E-state index contributed by atoms with van der Waals surface area (Å²) in [6.45, 7) is 5.45. The molecular formula is C12H17N5O. The second-order valence-electron chi connectivity index (χ2n) is 4.59. The van der Waals surface area contributed by atoms with Gasteiger partial charge in [-0.15, -0.1) is 0 Å². The van der Waals surface area contributed by atoms with Crippen LogP contribution in [0.5, 0.6) is 0 Å². The van der Waals surface area contributed by atoms with E-state index >= 15 is 0 Å². The smallest absolute Gasteiger partial charge is 0.243 e. The molecule has 0 aromatic carbocycles. The van der Waals surface area contributed by atoms with Gasteiger partial charge in [-0.2, -0.15) is 5.26 Å². The molecule has 1 amide bonds. The van der Waals surface area contributed by atoms with E-state index in [0.29, 0.717) is 11.5 Å². The van der Waals surface area contributed by atoms with E-state index in [0.717, 1.165) is 0 Å². The molecule has 0 saturated carbocycles. The average molecular weight is 247 g/mol. The number of hydrogen-bond donors (Lipinski definition) is 3. The molecule has 1 unspecified atom stereocenters. The summed E-state index contributed by atoms with van der Waals surface area (Å²) in [5.74, 6) is -0.106. The molecule has 0 bridgehead atoms. The quantitative estimate of drug-likeness (QED) is 0.728. The molecule has 6 nitrogen and oxygen atoms in total. The van der Waals surface area contributed by atoms with Crippen molar-refractivity contribution in [1.82, 2.24) is 4.98 Å². The summed E-state index contributed by atoms with van der Waals surface area (Å²) in [6, 6.07) is 5.06. The van der Waals surface area contributed by atoms with Crippen molar-refractivity contribution in [2.45, 2.75) is 26.3 Å². The minimum atomic E-state index is -0.935. The van der Waals surface area contributed by atoms with Gasteiger partial charge in [0.2, 0.25) is 5.91 Å². The monoisotopic (exact) mass is 247 g/mol. The lowest BCUT2D eigenvalue weighted by Gasteiger charge is -2.32. The van der Waals surface area contributed by atoms with E-state index in [1.54, 1.807) is 19.1 Å². The van der Waals surface area contributed by atoms with Gasteiger partial charge in [0.1, 0.15) is 17.4 Å². The number of pyridine rings is 1. The third-order valence-electron chi connectivity index (χ3n) is 3.09. The Kier molecular flexibility index (Phi) is 3.76. The second-order valence-corrected chi connectivity index (χ2v) is 4.59. The predicted octanol–water partition coefficient (Wildman–Crippen LogP) is 0.847. The lowest BCUT2D eigenvalue weighted by atomic mass is 9.87.